The van der Waals surface area contributed by atoms with Gasteiger partial charge in [0.05, 0.1) is 11.3 Å². The molecule has 0 amide bonds. The zero-order valence-corrected chi connectivity index (χ0v) is 18.0. The zero-order chi connectivity index (χ0) is 22.7. The van der Waals surface area contributed by atoms with E-state index in [1.807, 2.05) is 24.8 Å². The molecule has 2 aromatic heterocycles. The number of Topliss-reactive ketones (excluding diaryl/α,β-unsaturated/α-hetero) is 1. The number of anilines is 1. The Morgan fingerprint density at radius 2 is 1.94 bits per heavy atom. The highest BCUT2D eigenvalue weighted by Gasteiger charge is 2.32. The number of nitrogens with zero attached hydrogens (tertiary/aromatic N) is 6. The maximum Gasteiger partial charge on any atom is 0.333 e. The van der Waals surface area contributed by atoms with E-state index in [4.69, 9.17) is 4.52 Å². The summed E-state index contributed by atoms with van der Waals surface area (Å²) in [5, 5.41) is 15.9. The van der Waals surface area contributed by atoms with E-state index in [1.165, 1.54) is 6.33 Å². The van der Waals surface area contributed by atoms with Gasteiger partial charge in [-0.05, 0) is 12.8 Å². The lowest BCUT2D eigenvalue weighted by molar-refractivity contribution is -0.385. The molecule has 1 aromatic carbocycles. The minimum Gasteiger partial charge on any atom is -0.351 e. The van der Waals surface area contributed by atoms with E-state index in [0.29, 0.717) is 43.2 Å². The van der Waals surface area contributed by atoms with Crippen molar-refractivity contribution < 1.29 is 14.2 Å². The summed E-state index contributed by atoms with van der Waals surface area (Å²) in [6.07, 6.45) is 2.54. The molecule has 0 bridgehead atoms. The van der Waals surface area contributed by atoms with Crippen molar-refractivity contribution in [3.05, 3.63) is 69.7 Å². The van der Waals surface area contributed by atoms with Crippen molar-refractivity contribution >= 4 is 17.3 Å². The first-order chi connectivity index (χ1) is 15.4. The predicted molar refractivity (Wildman–Crippen MR) is 116 cm³/mol. The Balaban J connectivity index is 1.52. The van der Waals surface area contributed by atoms with Crippen LogP contribution in [0.25, 0.3) is 0 Å². The monoisotopic (exact) mass is 436 g/mol. The van der Waals surface area contributed by atoms with Crippen LogP contribution < -0.4 is 4.90 Å². The standard InChI is InChI=1S/C22H24N6O4/c1-14(2)20-25-22(32-26-20)16-8-10-27(11-9-16)21-19(28(30)31)17(23-13-24-21)12-18(29)15-6-4-3-5-7-15/h3-7,13-14,16H,8-12H2,1-2H3. The smallest absolute Gasteiger partial charge is 0.333 e. The van der Waals surface area contributed by atoms with Crippen molar-refractivity contribution in [2.45, 2.75) is 44.9 Å². The molecule has 3 aromatic rings. The van der Waals surface area contributed by atoms with Crippen LogP contribution in [-0.4, -0.2) is 43.9 Å². The highest BCUT2D eigenvalue weighted by Crippen LogP contribution is 2.34. The number of rotatable bonds is 7. The molecule has 0 spiro atoms. The summed E-state index contributed by atoms with van der Waals surface area (Å²) in [5.41, 5.74) is 0.396. The van der Waals surface area contributed by atoms with Gasteiger partial charge in [-0.2, -0.15) is 4.98 Å². The van der Waals surface area contributed by atoms with Crippen LogP contribution in [0.5, 0.6) is 0 Å². The Morgan fingerprint density at radius 3 is 2.56 bits per heavy atom. The van der Waals surface area contributed by atoms with Gasteiger partial charge in [-0.15, -0.1) is 0 Å². The summed E-state index contributed by atoms with van der Waals surface area (Å²) in [4.78, 5) is 38.6. The molecule has 32 heavy (non-hydrogen) atoms. The van der Waals surface area contributed by atoms with Crippen LogP contribution in [0, 0.1) is 10.1 Å². The Labute approximate surface area is 184 Å². The van der Waals surface area contributed by atoms with Crippen molar-refractivity contribution in [2.75, 3.05) is 18.0 Å². The van der Waals surface area contributed by atoms with Crippen molar-refractivity contribution in [1.29, 1.82) is 0 Å². The van der Waals surface area contributed by atoms with Crippen molar-refractivity contribution in [1.82, 2.24) is 20.1 Å². The van der Waals surface area contributed by atoms with Crippen molar-refractivity contribution in [2.24, 2.45) is 0 Å². The summed E-state index contributed by atoms with van der Waals surface area (Å²) in [6, 6.07) is 8.69. The van der Waals surface area contributed by atoms with E-state index in [0.717, 1.165) is 0 Å². The molecule has 0 N–H and O–H groups in total. The molecular formula is C22H24N6O4. The number of piperidine rings is 1. The summed E-state index contributed by atoms with van der Waals surface area (Å²) in [7, 11) is 0. The highest BCUT2D eigenvalue weighted by molar-refractivity contribution is 5.97. The molecule has 0 saturated carbocycles. The molecule has 3 heterocycles. The Morgan fingerprint density at radius 1 is 1.22 bits per heavy atom. The molecule has 0 radical (unpaired) electrons. The van der Waals surface area contributed by atoms with Gasteiger partial charge in [-0.25, -0.2) is 9.97 Å². The average Bonchev–Trinajstić information content (AvgIpc) is 3.30. The Kier molecular flexibility index (Phi) is 6.20. The quantitative estimate of drug-likeness (QED) is 0.309. The van der Waals surface area contributed by atoms with Gasteiger partial charge in [0.15, 0.2) is 11.6 Å². The molecule has 1 fully saturated rings. The Bertz CT molecular complexity index is 1110. The van der Waals surface area contributed by atoms with Gasteiger partial charge in [0.25, 0.3) is 0 Å². The molecule has 166 valence electrons. The van der Waals surface area contributed by atoms with Crippen LogP contribution in [0.1, 0.15) is 66.3 Å². The maximum atomic E-state index is 12.6. The highest BCUT2D eigenvalue weighted by atomic mass is 16.6. The number of benzene rings is 1. The molecule has 0 aliphatic carbocycles. The first-order valence-electron chi connectivity index (χ1n) is 10.6. The average molecular weight is 436 g/mol. The van der Waals surface area contributed by atoms with Crippen LogP contribution in [0.3, 0.4) is 0 Å². The normalized spacial score (nSPS) is 14.7. The number of hydrogen-bond acceptors (Lipinski definition) is 9. The van der Waals surface area contributed by atoms with Crippen LogP contribution in [0.2, 0.25) is 0 Å². The fourth-order valence-corrected chi connectivity index (χ4v) is 3.82. The number of nitro groups is 1. The van der Waals surface area contributed by atoms with Gasteiger partial charge >= 0.3 is 5.69 Å². The second-order valence-electron chi connectivity index (χ2n) is 8.12. The number of aromatic nitrogens is 4. The van der Waals surface area contributed by atoms with Crippen LogP contribution >= 0.6 is 0 Å². The Hall–Kier alpha value is -3.69. The second-order valence-corrected chi connectivity index (χ2v) is 8.12. The zero-order valence-electron chi connectivity index (χ0n) is 18.0. The van der Waals surface area contributed by atoms with Crippen LogP contribution in [0.4, 0.5) is 11.5 Å². The molecule has 1 aliphatic heterocycles. The number of carbonyl (C=O) groups excluding carboxylic acids is 1. The lowest BCUT2D eigenvalue weighted by atomic mass is 9.96. The fraction of sp³-hybridized carbons (Fsp3) is 0.409. The molecule has 0 unspecified atom stereocenters. The van der Waals surface area contributed by atoms with Gasteiger partial charge in [-0.3, -0.25) is 14.9 Å². The van der Waals surface area contributed by atoms with Gasteiger partial charge < -0.3 is 9.42 Å². The van der Waals surface area contributed by atoms with E-state index < -0.39 is 4.92 Å². The van der Waals surface area contributed by atoms with Gasteiger partial charge in [0, 0.05) is 30.5 Å². The van der Waals surface area contributed by atoms with E-state index in [2.05, 4.69) is 20.1 Å². The second kappa shape index (κ2) is 9.21. The summed E-state index contributed by atoms with van der Waals surface area (Å²) in [5.74, 6) is 1.60. The maximum absolute atomic E-state index is 12.6. The molecule has 10 nitrogen and oxygen atoms in total. The van der Waals surface area contributed by atoms with Gasteiger partial charge in [-0.1, -0.05) is 49.3 Å². The fourth-order valence-electron chi connectivity index (χ4n) is 3.82. The van der Waals surface area contributed by atoms with Gasteiger partial charge in [0.2, 0.25) is 11.7 Å². The third kappa shape index (κ3) is 4.48. The van der Waals surface area contributed by atoms with Crippen LogP contribution in [-0.2, 0) is 6.42 Å². The van der Waals surface area contributed by atoms with Crippen molar-refractivity contribution in [3.8, 4) is 0 Å². The summed E-state index contributed by atoms with van der Waals surface area (Å²) >= 11 is 0. The SMILES string of the molecule is CC(C)c1noc(C2CCN(c3ncnc(CC(=O)c4ccccc4)c3[N+](=O)[O-])CC2)n1. The molecule has 1 saturated heterocycles. The van der Waals surface area contributed by atoms with E-state index in [1.54, 1.807) is 24.3 Å². The number of ketones is 1. The van der Waals surface area contributed by atoms with E-state index in [-0.39, 0.29) is 41.2 Å². The lowest BCUT2D eigenvalue weighted by Gasteiger charge is -2.30. The number of carbonyl (C=O) groups is 1. The first kappa shape index (κ1) is 21.5. The van der Waals surface area contributed by atoms with E-state index in [9.17, 15) is 14.9 Å². The molecular weight excluding hydrogens is 412 g/mol. The third-order valence-electron chi connectivity index (χ3n) is 5.60. The predicted octanol–water partition coefficient (Wildman–Crippen LogP) is 3.70. The third-order valence-corrected chi connectivity index (χ3v) is 5.60. The molecule has 1 aliphatic rings. The lowest BCUT2D eigenvalue weighted by Crippen LogP contribution is -2.34. The largest absolute Gasteiger partial charge is 0.351 e. The topological polar surface area (TPSA) is 128 Å². The van der Waals surface area contributed by atoms with Crippen LogP contribution in [0.15, 0.2) is 41.2 Å². The first-order valence-corrected chi connectivity index (χ1v) is 10.6. The molecule has 0 atom stereocenters. The summed E-state index contributed by atoms with van der Waals surface area (Å²) < 4.78 is 5.42. The molecule has 4 rings (SSSR count). The minimum atomic E-state index is -0.498. The minimum absolute atomic E-state index is 0.103. The molecule has 10 heteroatoms. The van der Waals surface area contributed by atoms with E-state index >= 15 is 0 Å². The van der Waals surface area contributed by atoms with Crippen molar-refractivity contribution in [3.63, 3.8) is 0 Å². The summed E-state index contributed by atoms with van der Waals surface area (Å²) in [6.45, 7) is 5.11. The number of hydrogen-bond donors (Lipinski definition) is 0. The van der Waals surface area contributed by atoms with Gasteiger partial charge in [0.1, 0.15) is 12.0 Å².